The Morgan fingerprint density at radius 1 is 1.19 bits per heavy atom. The highest BCUT2D eigenvalue weighted by atomic mass is 14.9. The molecule has 1 aromatic heterocycles. The quantitative estimate of drug-likeness (QED) is 0.686. The SMILES string of the molecule is C.CC.CC.CC#Cc1nc(C)cnc1N. The number of hydrogen-bond acceptors (Lipinski definition) is 3. The van der Waals surface area contributed by atoms with Gasteiger partial charge in [0.2, 0.25) is 0 Å². The topological polar surface area (TPSA) is 51.8 Å². The molecule has 0 fully saturated rings. The number of nitrogens with zero attached hydrogens (tertiary/aromatic N) is 2. The Labute approximate surface area is 101 Å². The molecule has 0 saturated carbocycles. The van der Waals surface area contributed by atoms with Crippen LogP contribution in [-0.2, 0) is 0 Å². The average molecular weight is 223 g/mol. The Morgan fingerprint density at radius 2 is 1.69 bits per heavy atom. The standard InChI is InChI=1S/C8H9N3.2C2H6.CH4/c1-3-4-7-8(9)10-5-6(2)11-7;2*1-2;/h5H,1-2H3,(H2,9,10);2*1-2H3;1H4. The fraction of sp³-hybridized carbons (Fsp3) is 0.538. The van der Waals surface area contributed by atoms with Crippen molar-refractivity contribution in [1.29, 1.82) is 0 Å². The summed E-state index contributed by atoms with van der Waals surface area (Å²) in [4.78, 5) is 8.01. The first-order valence-corrected chi connectivity index (χ1v) is 5.26. The molecule has 3 nitrogen and oxygen atoms in total. The predicted molar refractivity (Wildman–Crippen MR) is 73.2 cm³/mol. The van der Waals surface area contributed by atoms with Crippen LogP contribution in [0.1, 0.15) is 53.4 Å². The molecule has 0 aliphatic heterocycles. The van der Waals surface area contributed by atoms with Crippen molar-refractivity contribution in [1.82, 2.24) is 9.97 Å². The third-order valence-corrected chi connectivity index (χ3v) is 1.16. The first-order chi connectivity index (χ1) is 7.24. The molecule has 0 aliphatic rings. The van der Waals surface area contributed by atoms with Gasteiger partial charge in [0.25, 0.3) is 0 Å². The first kappa shape index (κ1) is 19.9. The Hall–Kier alpha value is -1.56. The molecule has 1 aromatic rings. The van der Waals surface area contributed by atoms with Crippen LogP contribution in [-0.4, -0.2) is 9.97 Å². The lowest BCUT2D eigenvalue weighted by Crippen LogP contribution is -1.98. The molecule has 3 heteroatoms. The smallest absolute Gasteiger partial charge is 0.158 e. The van der Waals surface area contributed by atoms with Crippen LogP contribution in [0.4, 0.5) is 5.82 Å². The van der Waals surface area contributed by atoms with Crippen molar-refractivity contribution in [3.8, 4) is 11.8 Å². The van der Waals surface area contributed by atoms with Crippen molar-refractivity contribution in [3.63, 3.8) is 0 Å². The number of anilines is 1. The van der Waals surface area contributed by atoms with Crippen LogP contribution in [0.25, 0.3) is 0 Å². The molecule has 1 rings (SSSR count). The highest BCUT2D eigenvalue weighted by Gasteiger charge is 1.96. The lowest BCUT2D eigenvalue weighted by molar-refractivity contribution is 1.11. The predicted octanol–water partition coefficient (Wildman–Crippen LogP) is 3.43. The van der Waals surface area contributed by atoms with Crippen LogP contribution < -0.4 is 5.73 Å². The molecule has 0 amide bonds. The van der Waals surface area contributed by atoms with E-state index in [1.807, 2.05) is 34.6 Å². The highest BCUT2D eigenvalue weighted by molar-refractivity contribution is 5.45. The average Bonchev–Trinajstić information content (AvgIpc) is 2.29. The number of rotatable bonds is 0. The minimum Gasteiger partial charge on any atom is -0.381 e. The third-order valence-electron chi connectivity index (χ3n) is 1.16. The number of nitrogen functional groups attached to an aromatic ring is 1. The molecular formula is C13H25N3. The van der Waals surface area contributed by atoms with Gasteiger partial charge >= 0.3 is 0 Å². The van der Waals surface area contributed by atoms with Gasteiger partial charge in [-0.05, 0) is 19.8 Å². The minimum absolute atomic E-state index is 0. The Bertz CT molecular complexity index is 322. The molecule has 0 spiro atoms. The van der Waals surface area contributed by atoms with Gasteiger partial charge in [0, 0.05) is 0 Å². The first-order valence-electron chi connectivity index (χ1n) is 5.26. The summed E-state index contributed by atoms with van der Waals surface area (Å²) in [5.41, 5.74) is 6.89. The summed E-state index contributed by atoms with van der Waals surface area (Å²) in [5.74, 6) is 5.88. The van der Waals surface area contributed by atoms with Crippen molar-refractivity contribution in [2.45, 2.75) is 49.0 Å². The second-order valence-corrected chi connectivity index (χ2v) is 2.12. The Morgan fingerprint density at radius 3 is 2.12 bits per heavy atom. The fourth-order valence-electron chi connectivity index (χ4n) is 0.697. The summed E-state index contributed by atoms with van der Waals surface area (Å²) in [6, 6.07) is 0. The third kappa shape index (κ3) is 7.81. The van der Waals surface area contributed by atoms with E-state index in [2.05, 4.69) is 21.8 Å². The van der Waals surface area contributed by atoms with Gasteiger partial charge in [0.1, 0.15) is 0 Å². The van der Waals surface area contributed by atoms with E-state index >= 15 is 0 Å². The molecule has 0 aromatic carbocycles. The summed E-state index contributed by atoms with van der Waals surface area (Å²) in [5, 5.41) is 0. The van der Waals surface area contributed by atoms with Gasteiger partial charge < -0.3 is 5.73 Å². The van der Waals surface area contributed by atoms with Crippen LogP contribution in [0.2, 0.25) is 0 Å². The number of aryl methyl sites for hydroxylation is 1. The molecule has 16 heavy (non-hydrogen) atoms. The van der Waals surface area contributed by atoms with E-state index in [1.165, 1.54) is 0 Å². The van der Waals surface area contributed by atoms with Crippen molar-refractivity contribution >= 4 is 5.82 Å². The fourth-order valence-corrected chi connectivity index (χ4v) is 0.697. The summed E-state index contributed by atoms with van der Waals surface area (Å²) >= 11 is 0. The maximum Gasteiger partial charge on any atom is 0.158 e. The molecule has 1 heterocycles. The molecule has 92 valence electrons. The Kier molecular flexibility index (Phi) is 16.7. The minimum atomic E-state index is 0. The maximum atomic E-state index is 5.50. The number of aromatic nitrogens is 2. The van der Waals surface area contributed by atoms with E-state index in [9.17, 15) is 0 Å². The summed E-state index contributed by atoms with van der Waals surface area (Å²) < 4.78 is 0. The van der Waals surface area contributed by atoms with Crippen molar-refractivity contribution < 1.29 is 0 Å². The summed E-state index contributed by atoms with van der Waals surface area (Å²) in [6.07, 6.45) is 1.62. The summed E-state index contributed by atoms with van der Waals surface area (Å²) in [6.45, 7) is 11.6. The van der Waals surface area contributed by atoms with Crippen molar-refractivity contribution in [3.05, 3.63) is 17.6 Å². The van der Waals surface area contributed by atoms with Crippen LogP contribution in [0.15, 0.2) is 6.20 Å². The van der Waals surface area contributed by atoms with Crippen LogP contribution in [0, 0.1) is 18.8 Å². The van der Waals surface area contributed by atoms with Crippen molar-refractivity contribution in [2.75, 3.05) is 5.73 Å². The second kappa shape index (κ2) is 13.4. The second-order valence-electron chi connectivity index (χ2n) is 2.12. The van der Waals surface area contributed by atoms with E-state index in [0.29, 0.717) is 11.5 Å². The molecule has 0 saturated heterocycles. The molecule has 0 unspecified atom stereocenters. The van der Waals surface area contributed by atoms with Crippen LogP contribution in [0.5, 0.6) is 0 Å². The lowest BCUT2D eigenvalue weighted by atomic mass is 10.4. The van der Waals surface area contributed by atoms with Crippen LogP contribution in [0.3, 0.4) is 0 Å². The molecule has 0 atom stereocenters. The van der Waals surface area contributed by atoms with Gasteiger partial charge in [-0.3, -0.25) is 0 Å². The number of nitrogens with two attached hydrogens (primary N) is 1. The number of hydrogen-bond donors (Lipinski definition) is 1. The van der Waals surface area contributed by atoms with E-state index in [-0.39, 0.29) is 7.43 Å². The molecule has 0 bridgehead atoms. The van der Waals surface area contributed by atoms with Gasteiger partial charge in [-0.1, -0.05) is 41.0 Å². The molecule has 0 radical (unpaired) electrons. The zero-order valence-corrected chi connectivity index (χ0v) is 10.5. The zero-order valence-electron chi connectivity index (χ0n) is 10.5. The largest absolute Gasteiger partial charge is 0.381 e. The molecular weight excluding hydrogens is 198 g/mol. The highest BCUT2D eigenvalue weighted by Crippen LogP contribution is 2.02. The Balaban J connectivity index is -0.000000305. The van der Waals surface area contributed by atoms with Crippen molar-refractivity contribution in [2.24, 2.45) is 0 Å². The summed E-state index contributed by atoms with van der Waals surface area (Å²) in [7, 11) is 0. The lowest BCUT2D eigenvalue weighted by Gasteiger charge is -1.96. The zero-order chi connectivity index (χ0) is 12.3. The van der Waals surface area contributed by atoms with Crippen LogP contribution >= 0.6 is 0 Å². The maximum absolute atomic E-state index is 5.50. The molecule has 0 aliphatic carbocycles. The van der Waals surface area contributed by atoms with Gasteiger partial charge in [-0.25, -0.2) is 9.97 Å². The van der Waals surface area contributed by atoms with Gasteiger partial charge in [0.05, 0.1) is 11.9 Å². The van der Waals surface area contributed by atoms with Gasteiger partial charge in [0.15, 0.2) is 11.5 Å². The van der Waals surface area contributed by atoms with Gasteiger partial charge in [-0.15, -0.1) is 0 Å². The van der Waals surface area contributed by atoms with E-state index in [1.54, 1.807) is 13.1 Å². The monoisotopic (exact) mass is 223 g/mol. The molecule has 2 N–H and O–H groups in total. The normalized spacial score (nSPS) is 6.62. The van der Waals surface area contributed by atoms with E-state index in [0.717, 1.165) is 5.69 Å². The van der Waals surface area contributed by atoms with E-state index in [4.69, 9.17) is 5.73 Å². The van der Waals surface area contributed by atoms with E-state index < -0.39 is 0 Å². The van der Waals surface area contributed by atoms with Gasteiger partial charge in [-0.2, -0.15) is 0 Å².